The fourth-order valence-corrected chi connectivity index (χ4v) is 1.63. The zero-order valence-corrected chi connectivity index (χ0v) is 9.32. The van der Waals surface area contributed by atoms with Gasteiger partial charge in [-0.15, -0.1) is 0 Å². The van der Waals surface area contributed by atoms with Crippen LogP contribution in [0.5, 0.6) is 0 Å². The fraction of sp³-hybridized carbons (Fsp3) is 0.250. The molecule has 78 valence electrons. The van der Waals surface area contributed by atoms with Crippen molar-refractivity contribution >= 4 is 27.0 Å². The first kappa shape index (κ1) is 11.7. The highest BCUT2D eigenvalue weighted by molar-refractivity contribution is 9.10. The van der Waals surface area contributed by atoms with Crippen molar-refractivity contribution in [1.29, 1.82) is 0 Å². The van der Waals surface area contributed by atoms with E-state index in [1.54, 1.807) is 18.2 Å². The summed E-state index contributed by atoms with van der Waals surface area (Å²) in [6.45, 7) is 0. The van der Waals surface area contributed by atoms with Gasteiger partial charge in [-0.05, 0) is 11.6 Å². The van der Waals surface area contributed by atoms with Crippen molar-refractivity contribution < 1.29 is 17.5 Å². The molecule has 0 bridgehead atoms. The van der Waals surface area contributed by atoms with Crippen LogP contribution in [0.1, 0.15) is 5.56 Å². The molecule has 0 radical (unpaired) electrons. The summed E-state index contributed by atoms with van der Waals surface area (Å²) >= 11 is -0.0547. The summed E-state index contributed by atoms with van der Waals surface area (Å²) in [6.07, 6.45) is -0.752. The minimum Gasteiger partial charge on any atom is -0.301 e. The lowest BCUT2D eigenvalue weighted by atomic mass is 10.2. The maximum Gasteiger partial charge on any atom is 0.349 e. The van der Waals surface area contributed by atoms with Crippen LogP contribution < -0.4 is 0 Å². The highest BCUT2D eigenvalue weighted by Crippen LogP contribution is 2.27. The summed E-state index contributed by atoms with van der Waals surface area (Å²) in [5.41, 5.74) is 0.305. The Hall–Kier alpha value is -0.330. The number of hydrogen-bond acceptors (Lipinski definition) is 1. The molecule has 0 aliphatic rings. The van der Waals surface area contributed by atoms with Crippen molar-refractivity contribution in [3.05, 3.63) is 34.3 Å². The van der Waals surface area contributed by atoms with Crippen LogP contribution in [-0.2, 0) is 17.5 Å². The van der Waals surface area contributed by atoms with Crippen LogP contribution in [-0.4, -0.2) is 14.0 Å². The van der Waals surface area contributed by atoms with E-state index < -0.39 is 22.8 Å². The van der Waals surface area contributed by atoms with Crippen LogP contribution in [0, 0.1) is 0 Å². The van der Waals surface area contributed by atoms with Crippen molar-refractivity contribution in [3.63, 3.8) is 0 Å². The average molecular weight is 285 g/mol. The van der Waals surface area contributed by atoms with E-state index in [0.29, 0.717) is 10.0 Å². The standard InChI is InChI=1S/C8H7BrF2O2S/c9-7-4-2-1-3-6(7)5-8(10,11)14(12)13/h1-4H,5H2,(H,12,13). The molecule has 0 aromatic heterocycles. The van der Waals surface area contributed by atoms with E-state index in [1.807, 2.05) is 0 Å². The SMILES string of the molecule is O=S(O)C(F)(F)Cc1ccccc1Br. The number of rotatable bonds is 3. The predicted octanol–water partition coefficient (Wildman–Crippen LogP) is 2.81. The van der Waals surface area contributed by atoms with Crippen LogP contribution in [0.4, 0.5) is 8.78 Å². The molecule has 1 aromatic rings. The van der Waals surface area contributed by atoms with Crippen LogP contribution >= 0.6 is 15.9 Å². The molecular formula is C8H7BrF2O2S. The van der Waals surface area contributed by atoms with E-state index in [2.05, 4.69) is 15.9 Å². The summed E-state index contributed by atoms with van der Waals surface area (Å²) < 4.78 is 44.8. The molecule has 0 amide bonds. The summed E-state index contributed by atoms with van der Waals surface area (Å²) in [7, 11) is 0. The summed E-state index contributed by atoms with van der Waals surface area (Å²) in [4.78, 5) is 0. The van der Waals surface area contributed by atoms with E-state index in [9.17, 15) is 13.0 Å². The van der Waals surface area contributed by atoms with Crippen molar-refractivity contribution in [3.8, 4) is 0 Å². The molecule has 1 unspecified atom stereocenters. The molecule has 0 spiro atoms. The lowest BCUT2D eigenvalue weighted by Crippen LogP contribution is -2.25. The third-order valence-corrected chi connectivity index (χ3v) is 3.04. The highest BCUT2D eigenvalue weighted by atomic mass is 79.9. The Labute approximate surface area is 90.7 Å². The highest BCUT2D eigenvalue weighted by Gasteiger charge is 2.37. The molecule has 0 heterocycles. The molecule has 1 atom stereocenters. The zero-order valence-electron chi connectivity index (χ0n) is 6.91. The molecule has 0 saturated carbocycles. The van der Waals surface area contributed by atoms with Crippen molar-refractivity contribution in [1.82, 2.24) is 0 Å². The van der Waals surface area contributed by atoms with Gasteiger partial charge in [0.2, 0.25) is 11.1 Å². The first-order valence-electron chi connectivity index (χ1n) is 3.65. The van der Waals surface area contributed by atoms with Gasteiger partial charge < -0.3 is 4.55 Å². The fourth-order valence-electron chi connectivity index (χ4n) is 0.925. The second-order valence-electron chi connectivity index (χ2n) is 2.65. The molecular weight excluding hydrogens is 278 g/mol. The van der Waals surface area contributed by atoms with Gasteiger partial charge in [-0.1, -0.05) is 34.1 Å². The first-order chi connectivity index (χ1) is 6.43. The van der Waals surface area contributed by atoms with Crippen molar-refractivity contribution in [2.75, 3.05) is 0 Å². The summed E-state index contributed by atoms with van der Waals surface area (Å²) in [5.74, 6) is 0. The second kappa shape index (κ2) is 4.46. The van der Waals surface area contributed by atoms with Gasteiger partial charge in [0.05, 0.1) is 6.42 Å². The van der Waals surface area contributed by atoms with Crippen LogP contribution in [0.25, 0.3) is 0 Å². The Balaban J connectivity index is 2.89. The lowest BCUT2D eigenvalue weighted by Gasteiger charge is -2.12. The van der Waals surface area contributed by atoms with E-state index in [-0.39, 0.29) is 0 Å². The van der Waals surface area contributed by atoms with Crippen molar-refractivity contribution in [2.45, 2.75) is 11.7 Å². The largest absolute Gasteiger partial charge is 0.349 e. The first-order valence-corrected chi connectivity index (χ1v) is 5.55. The molecule has 1 aromatic carbocycles. The van der Waals surface area contributed by atoms with E-state index >= 15 is 0 Å². The minimum atomic E-state index is -3.61. The van der Waals surface area contributed by atoms with Gasteiger partial charge in [0.1, 0.15) is 0 Å². The van der Waals surface area contributed by atoms with Gasteiger partial charge in [0.15, 0.2) is 0 Å². The maximum atomic E-state index is 12.8. The molecule has 0 aliphatic carbocycles. The molecule has 1 rings (SSSR count). The second-order valence-corrected chi connectivity index (χ2v) is 4.60. The van der Waals surface area contributed by atoms with Crippen LogP contribution in [0.15, 0.2) is 28.7 Å². The van der Waals surface area contributed by atoms with Gasteiger partial charge in [-0.3, -0.25) is 0 Å². The Morgan fingerprint density at radius 2 is 2.00 bits per heavy atom. The van der Waals surface area contributed by atoms with Gasteiger partial charge in [0, 0.05) is 4.47 Å². The third kappa shape index (κ3) is 2.83. The Morgan fingerprint density at radius 3 is 2.50 bits per heavy atom. The molecule has 2 nitrogen and oxygen atoms in total. The predicted molar refractivity (Wildman–Crippen MR) is 53.6 cm³/mol. The Bertz CT molecular complexity index is 357. The van der Waals surface area contributed by atoms with Crippen molar-refractivity contribution in [2.24, 2.45) is 0 Å². The van der Waals surface area contributed by atoms with E-state index in [0.717, 1.165) is 0 Å². The molecule has 0 saturated heterocycles. The molecule has 0 aliphatic heterocycles. The van der Waals surface area contributed by atoms with Gasteiger partial charge in [-0.25, -0.2) is 4.21 Å². The number of hydrogen-bond donors (Lipinski definition) is 1. The maximum absolute atomic E-state index is 12.8. The van der Waals surface area contributed by atoms with Gasteiger partial charge >= 0.3 is 5.25 Å². The molecule has 14 heavy (non-hydrogen) atoms. The van der Waals surface area contributed by atoms with Crippen LogP contribution in [0.2, 0.25) is 0 Å². The summed E-state index contributed by atoms with van der Waals surface area (Å²) in [5, 5.41) is -3.61. The minimum absolute atomic E-state index is 0.305. The number of alkyl halides is 2. The van der Waals surface area contributed by atoms with E-state index in [4.69, 9.17) is 4.55 Å². The molecule has 1 N–H and O–H groups in total. The van der Waals surface area contributed by atoms with E-state index in [1.165, 1.54) is 6.07 Å². The van der Waals surface area contributed by atoms with Gasteiger partial charge in [0.25, 0.3) is 0 Å². The quantitative estimate of drug-likeness (QED) is 0.867. The van der Waals surface area contributed by atoms with Crippen LogP contribution in [0.3, 0.4) is 0 Å². The average Bonchev–Trinajstić information content (AvgIpc) is 2.08. The summed E-state index contributed by atoms with van der Waals surface area (Å²) in [6, 6.07) is 6.36. The van der Waals surface area contributed by atoms with Gasteiger partial charge in [-0.2, -0.15) is 8.78 Å². The third-order valence-electron chi connectivity index (χ3n) is 1.61. The Kier molecular flexibility index (Phi) is 3.74. The monoisotopic (exact) mass is 284 g/mol. The number of benzene rings is 1. The number of halogens is 3. The normalized spacial score (nSPS) is 14.0. The smallest absolute Gasteiger partial charge is 0.301 e. The molecule has 6 heteroatoms. The Morgan fingerprint density at radius 1 is 1.43 bits per heavy atom. The molecule has 0 fully saturated rings. The lowest BCUT2D eigenvalue weighted by molar-refractivity contribution is 0.0904. The topological polar surface area (TPSA) is 37.3 Å². The zero-order chi connectivity index (χ0) is 10.8.